The van der Waals surface area contributed by atoms with E-state index in [4.69, 9.17) is 16.0 Å². The Bertz CT molecular complexity index is 1380. The van der Waals surface area contributed by atoms with E-state index in [0.717, 1.165) is 22.5 Å². The molecule has 0 aliphatic carbocycles. The van der Waals surface area contributed by atoms with Crippen LogP contribution in [0.3, 0.4) is 0 Å². The molecule has 0 radical (unpaired) electrons. The second-order valence-corrected chi connectivity index (χ2v) is 9.68. The Balaban J connectivity index is 1.41. The third-order valence-corrected chi connectivity index (χ3v) is 7.11. The van der Waals surface area contributed by atoms with E-state index in [1.165, 1.54) is 0 Å². The van der Waals surface area contributed by atoms with Crippen molar-refractivity contribution in [2.45, 2.75) is 32.2 Å². The molecular formula is C30H27ClN2O3. The van der Waals surface area contributed by atoms with E-state index in [-0.39, 0.29) is 35.5 Å². The van der Waals surface area contributed by atoms with Crippen molar-refractivity contribution in [3.05, 3.63) is 107 Å². The highest BCUT2D eigenvalue weighted by Crippen LogP contribution is 2.43. The Morgan fingerprint density at radius 1 is 0.944 bits per heavy atom. The average Bonchev–Trinajstić information content (AvgIpc) is 3.39. The molecule has 36 heavy (non-hydrogen) atoms. The van der Waals surface area contributed by atoms with Gasteiger partial charge in [-0.2, -0.15) is 0 Å². The highest BCUT2D eigenvalue weighted by atomic mass is 35.5. The smallest absolute Gasteiger partial charge is 0.294 e. The van der Waals surface area contributed by atoms with Gasteiger partial charge in [0, 0.05) is 33.9 Å². The van der Waals surface area contributed by atoms with Gasteiger partial charge in [-0.25, -0.2) is 0 Å². The Hall–Kier alpha value is -3.83. The fraction of sp³-hybridized carbons (Fsp3) is 0.200. The van der Waals surface area contributed by atoms with Gasteiger partial charge in [0.2, 0.25) is 5.91 Å². The van der Waals surface area contributed by atoms with E-state index in [9.17, 15) is 9.59 Å². The number of hydrogen-bond donors (Lipinski definition) is 1. The monoisotopic (exact) mass is 498 g/mol. The zero-order valence-corrected chi connectivity index (χ0v) is 20.9. The summed E-state index contributed by atoms with van der Waals surface area (Å²) in [7, 11) is 0. The van der Waals surface area contributed by atoms with Crippen LogP contribution in [-0.2, 0) is 4.79 Å². The highest BCUT2D eigenvalue weighted by molar-refractivity contribution is 6.30. The summed E-state index contributed by atoms with van der Waals surface area (Å²) in [5.74, 6) is 0.352. The summed E-state index contributed by atoms with van der Waals surface area (Å²) in [4.78, 5) is 28.6. The molecular weight excluding hydrogens is 472 g/mol. The molecule has 1 unspecified atom stereocenters. The van der Waals surface area contributed by atoms with Crippen LogP contribution in [0.2, 0.25) is 5.02 Å². The number of halogens is 1. The van der Waals surface area contributed by atoms with Crippen LogP contribution >= 0.6 is 11.6 Å². The molecule has 1 aromatic heterocycles. The van der Waals surface area contributed by atoms with Crippen LogP contribution in [0.1, 0.15) is 42.3 Å². The molecule has 0 saturated carbocycles. The van der Waals surface area contributed by atoms with Crippen molar-refractivity contribution >= 4 is 34.8 Å². The van der Waals surface area contributed by atoms with Crippen molar-refractivity contribution in [1.29, 1.82) is 0 Å². The lowest BCUT2D eigenvalue weighted by Crippen LogP contribution is -2.45. The maximum atomic E-state index is 13.7. The minimum Gasteiger partial charge on any atom is -0.451 e. The molecule has 1 aliphatic heterocycles. The second kappa shape index (κ2) is 10.0. The number of carbonyl (C=O) groups is 2. The number of benzene rings is 3. The van der Waals surface area contributed by atoms with Gasteiger partial charge in [-0.15, -0.1) is 0 Å². The largest absolute Gasteiger partial charge is 0.451 e. The third-order valence-electron chi connectivity index (χ3n) is 6.85. The van der Waals surface area contributed by atoms with Crippen molar-refractivity contribution in [3.63, 3.8) is 0 Å². The number of amides is 2. The molecule has 0 spiro atoms. The molecule has 6 heteroatoms. The SMILES string of the molecule is CC(C(=O)Nc1ccccc1)[C@@H]1C[C@H](C)N(C(=O)c2ccc(-c3ccc(Cl)cc3)o2)c2ccccc21. The number of furan rings is 1. The maximum absolute atomic E-state index is 13.7. The van der Waals surface area contributed by atoms with Gasteiger partial charge >= 0.3 is 0 Å². The fourth-order valence-corrected chi connectivity index (χ4v) is 5.07. The number of nitrogens with zero attached hydrogens (tertiary/aromatic N) is 1. The first-order valence-corrected chi connectivity index (χ1v) is 12.4. The number of anilines is 2. The van der Waals surface area contributed by atoms with Crippen molar-refractivity contribution in [2.75, 3.05) is 10.2 Å². The maximum Gasteiger partial charge on any atom is 0.294 e. The molecule has 1 aliphatic rings. The molecule has 0 saturated heterocycles. The van der Waals surface area contributed by atoms with E-state index in [0.29, 0.717) is 17.2 Å². The Morgan fingerprint density at radius 2 is 1.64 bits per heavy atom. The molecule has 182 valence electrons. The van der Waals surface area contributed by atoms with E-state index in [1.807, 2.05) is 80.6 Å². The van der Waals surface area contributed by atoms with Crippen molar-refractivity contribution in [3.8, 4) is 11.3 Å². The lowest BCUT2D eigenvalue weighted by Gasteiger charge is -2.40. The molecule has 0 fully saturated rings. The molecule has 1 N–H and O–H groups in total. The average molecular weight is 499 g/mol. The van der Waals surface area contributed by atoms with Crippen LogP contribution in [-0.4, -0.2) is 17.9 Å². The molecule has 5 rings (SSSR count). The molecule has 2 amide bonds. The first-order valence-electron chi connectivity index (χ1n) is 12.1. The minimum atomic E-state index is -0.272. The lowest BCUT2D eigenvalue weighted by molar-refractivity contribution is -0.120. The van der Waals surface area contributed by atoms with E-state index < -0.39 is 0 Å². The standard InChI is InChI=1S/C30H27ClN2O3/c1-19-18-25(20(2)29(34)32-23-8-4-3-5-9-23)24-10-6-7-11-26(24)33(19)30(35)28-17-16-27(36-28)21-12-14-22(31)15-13-21/h3-17,19-20,25H,18H2,1-2H3,(H,32,34)/t19-,20?,25-/m0/s1. The fourth-order valence-electron chi connectivity index (χ4n) is 4.94. The minimum absolute atomic E-state index is 0.0230. The Kier molecular flexibility index (Phi) is 6.66. The number of nitrogens with one attached hydrogen (secondary N) is 1. The summed E-state index contributed by atoms with van der Waals surface area (Å²) < 4.78 is 5.97. The van der Waals surface area contributed by atoms with Crippen LogP contribution in [0, 0.1) is 5.92 Å². The first kappa shape index (κ1) is 23.9. The van der Waals surface area contributed by atoms with Crippen molar-refractivity contribution < 1.29 is 14.0 Å². The van der Waals surface area contributed by atoms with Crippen molar-refractivity contribution in [1.82, 2.24) is 0 Å². The molecule has 4 aromatic rings. The van der Waals surface area contributed by atoms with E-state index in [2.05, 4.69) is 5.32 Å². The summed E-state index contributed by atoms with van der Waals surface area (Å²) in [6.45, 7) is 3.97. The number of rotatable bonds is 5. The predicted octanol–water partition coefficient (Wildman–Crippen LogP) is 7.40. The van der Waals surface area contributed by atoms with Gasteiger partial charge in [0.1, 0.15) is 5.76 Å². The summed E-state index contributed by atoms with van der Waals surface area (Å²) in [6.07, 6.45) is 0.664. The van der Waals surface area contributed by atoms with Gasteiger partial charge in [0.15, 0.2) is 5.76 Å². The van der Waals surface area contributed by atoms with Gasteiger partial charge in [-0.1, -0.05) is 54.9 Å². The molecule has 2 heterocycles. The van der Waals surface area contributed by atoms with Gasteiger partial charge in [0.25, 0.3) is 5.91 Å². The summed E-state index contributed by atoms with van der Waals surface area (Å²) in [5, 5.41) is 3.66. The first-order chi connectivity index (χ1) is 17.4. The van der Waals surface area contributed by atoms with Crippen LogP contribution in [0.5, 0.6) is 0 Å². The van der Waals surface area contributed by atoms with Gasteiger partial charge in [-0.05, 0) is 79.4 Å². The number of fused-ring (bicyclic) bond motifs is 1. The number of carbonyl (C=O) groups excluding carboxylic acids is 2. The zero-order valence-electron chi connectivity index (χ0n) is 20.1. The van der Waals surface area contributed by atoms with E-state index >= 15 is 0 Å². The van der Waals surface area contributed by atoms with Crippen LogP contribution in [0.4, 0.5) is 11.4 Å². The topological polar surface area (TPSA) is 62.6 Å². The summed E-state index contributed by atoms with van der Waals surface area (Å²) in [5.41, 5.74) is 3.43. The van der Waals surface area contributed by atoms with Crippen LogP contribution < -0.4 is 10.2 Å². The normalized spacial score (nSPS) is 17.8. The summed E-state index contributed by atoms with van der Waals surface area (Å²) in [6, 6.07) is 28.0. The quantitative estimate of drug-likeness (QED) is 0.312. The molecule has 5 nitrogen and oxygen atoms in total. The Morgan fingerprint density at radius 3 is 2.39 bits per heavy atom. The van der Waals surface area contributed by atoms with E-state index in [1.54, 1.807) is 29.2 Å². The predicted molar refractivity (Wildman–Crippen MR) is 143 cm³/mol. The van der Waals surface area contributed by atoms with Crippen LogP contribution in [0.15, 0.2) is 95.4 Å². The van der Waals surface area contributed by atoms with Crippen LogP contribution in [0.25, 0.3) is 11.3 Å². The third kappa shape index (κ3) is 4.67. The lowest BCUT2D eigenvalue weighted by atomic mass is 9.78. The molecule has 3 aromatic carbocycles. The van der Waals surface area contributed by atoms with Gasteiger partial charge in [-0.3, -0.25) is 9.59 Å². The second-order valence-electron chi connectivity index (χ2n) is 9.24. The molecule has 3 atom stereocenters. The van der Waals surface area contributed by atoms with Crippen molar-refractivity contribution in [2.24, 2.45) is 5.92 Å². The zero-order chi connectivity index (χ0) is 25.2. The van der Waals surface area contributed by atoms with Gasteiger partial charge < -0.3 is 14.6 Å². The van der Waals surface area contributed by atoms with Gasteiger partial charge in [0.05, 0.1) is 0 Å². The summed E-state index contributed by atoms with van der Waals surface area (Å²) >= 11 is 6.00. The molecule has 0 bridgehead atoms. The number of hydrogen-bond acceptors (Lipinski definition) is 3. The highest BCUT2D eigenvalue weighted by Gasteiger charge is 2.39. The Labute approximate surface area is 215 Å². The number of para-hydroxylation sites is 2.